The first kappa shape index (κ1) is 25.9. The topological polar surface area (TPSA) is 94.2 Å². The molecule has 0 aliphatic heterocycles. The summed E-state index contributed by atoms with van der Waals surface area (Å²) in [5.74, 6) is 1.06. The Labute approximate surface area is 206 Å². The fourth-order valence-electron chi connectivity index (χ4n) is 3.39. The number of amides is 1. The summed E-state index contributed by atoms with van der Waals surface area (Å²) in [5.41, 5.74) is 2.19. The largest absolute Gasteiger partial charge is 0.493 e. The molecule has 0 bridgehead atoms. The number of nitrogens with one attached hydrogen (secondary N) is 1. The molecule has 0 unspecified atom stereocenters. The van der Waals surface area contributed by atoms with Gasteiger partial charge in [-0.3, -0.25) is 9.10 Å². The predicted molar refractivity (Wildman–Crippen MR) is 135 cm³/mol. The minimum atomic E-state index is -4.04. The van der Waals surface area contributed by atoms with Crippen LogP contribution >= 0.6 is 0 Å². The molecule has 1 N–H and O–H groups in total. The average Bonchev–Trinajstić information content (AvgIpc) is 2.86. The van der Waals surface area contributed by atoms with Crippen molar-refractivity contribution in [2.24, 2.45) is 0 Å². The zero-order chi connectivity index (χ0) is 25.4. The summed E-state index contributed by atoms with van der Waals surface area (Å²) < 4.78 is 44.4. The summed E-state index contributed by atoms with van der Waals surface area (Å²) in [5, 5.41) is 2.73. The van der Waals surface area contributed by atoms with Crippen LogP contribution in [0.3, 0.4) is 0 Å². The molecule has 0 saturated carbocycles. The minimum Gasteiger partial charge on any atom is -0.493 e. The van der Waals surface area contributed by atoms with Crippen LogP contribution in [0.4, 0.5) is 5.69 Å². The lowest BCUT2D eigenvalue weighted by molar-refractivity contribution is -0.119. The van der Waals surface area contributed by atoms with E-state index in [0.717, 1.165) is 21.2 Å². The first-order valence-electron chi connectivity index (χ1n) is 11.0. The van der Waals surface area contributed by atoms with Crippen LogP contribution in [0.5, 0.6) is 17.2 Å². The number of rotatable bonds is 11. The number of hydrogen-bond donors (Lipinski definition) is 1. The number of benzene rings is 3. The Kier molecular flexibility index (Phi) is 8.59. The van der Waals surface area contributed by atoms with Gasteiger partial charge in [-0.2, -0.15) is 0 Å². The van der Waals surface area contributed by atoms with Gasteiger partial charge in [0.05, 0.1) is 31.3 Å². The third kappa shape index (κ3) is 6.45. The molecule has 1 amide bonds. The van der Waals surface area contributed by atoms with Crippen molar-refractivity contribution in [2.75, 3.05) is 38.2 Å². The molecule has 0 radical (unpaired) electrons. The van der Waals surface area contributed by atoms with Gasteiger partial charge >= 0.3 is 0 Å². The summed E-state index contributed by atoms with van der Waals surface area (Å²) in [6.45, 7) is 3.85. The summed E-state index contributed by atoms with van der Waals surface area (Å²) in [7, 11) is -1.09. The van der Waals surface area contributed by atoms with Crippen LogP contribution in [0.2, 0.25) is 0 Å². The minimum absolute atomic E-state index is 0.0774. The Morgan fingerprint density at radius 1 is 0.886 bits per heavy atom. The van der Waals surface area contributed by atoms with E-state index in [0.29, 0.717) is 11.5 Å². The highest BCUT2D eigenvalue weighted by Gasteiger charge is 2.28. The van der Waals surface area contributed by atoms with Gasteiger partial charge in [0.1, 0.15) is 18.9 Å². The Morgan fingerprint density at radius 2 is 1.57 bits per heavy atom. The SMILES string of the molecule is COc1ccc(N(CC(=O)NCCOc2ccccc2C)S(=O)(=O)c2ccc(C)cc2)cc1OC. The first-order chi connectivity index (χ1) is 16.8. The summed E-state index contributed by atoms with van der Waals surface area (Å²) in [4.78, 5) is 12.9. The van der Waals surface area contributed by atoms with E-state index in [1.165, 1.54) is 32.4 Å². The molecule has 0 atom stereocenters. The molecule has 3 rings (SSSR count). The van der Waals surface area contributed by atoms with Crippen LogP contribution in [0, 0.1) is 13.8 Å². The molecule has 0 spiro atoms. The van der Waals surface area contributed by atoms with Crippen LogP contribution in [-0.4, -0.2) is 48.2 Å². The Morgan fingerprint density at radius 3 is 2.23 bits per heavy atom. The number of carbonyl (C=O) groups is 1. The van der Waals surface area contributed by atoms with Gasteiger partial charge in [0.15, 0.2) is 11.5 Å². The summed E-state index contributed by atoms with van der Waals surface area (Å²) >= 11 is 0. The molecule has 3 aromatic rings. The highest BCUT2D eigenvalue weighted by molar-refractivity contribution is 7.92. The van der Waals surface area contributed by atoms with Crippen molar-refractivity contribution in [3.63, 3.8) is 0 Å². The molecule has 0 aliphatic rings. The number of hydrogen-bond acceptors (Lipinski definition) is 6. The quantitative estimate of drug-likeness (QED) is 0.405. The van der Waals surface area contributed by atoms with Gasteiger partial charge in [-0.25, -0.2) is 8.42 Å². The van der Waals surface area contributed by atoms with Gasteiger partial charge in [-0.05, 0) is 49.7 Å². The van der Waals surface area contributed by atoms with Gasteiger partial charge in [0.2, 0.25) is 5.91 Å². The average molecular weight is 499 g/mol. The van der Waals surface area contributed by atoms with E-state index in [1.807, 2.05) is 38.1 Å². The molecule has 0 aliphatic carbocycles. The van der Waals surface area contributed by atoms with E-state index in [4.69, 9.17) is 14.2 Å². The predicted octanol–water partition coefficient (Wildman–Crippen LogP) is 3.71. The third-order valence-electron chi connectivity index (χ3n) is 5.33. The lowest BCUT2D eigenvalue weighted by atomic mass is 10.2. The molecule has 35 heavy (non-hydrogen) atoms. The number of para-hydroxylation sites is 1. The second kappa shape index (κ2) is 11.6. The van der Waals surface area contributed by atoms with Gasteiger partial charge in [-0.1, -0.05) is 35.9 Å². The maximum Gasteiger partial charge on any atom is 0.264 e. The van der Waals surface area contributed by atoms with Crippen LogP contribution in [-0.2, 0) is 14.8 Å². The second-order valence-corrected chi connectivity index (χ2v) is 9.69. The number of aryl methyl sites for hydroxylation is 2. The summed E-state index contributed by atoms with van der Waals surface area (Å²) in [6.07, 6.45) is 0. The van der Waals surface area contributed by atoms with E-state index in [1.54, 1.807) is 24.3 Å². The lowest BCUT2D eigenvalue weighted by Crippen LogP contribution is -2.42. The maximum absolute atomic E-state index is 13.5. The highest BCUT2D eigenvalue weighted by Crippen LogP contribution is 2.33. The van der Waals surface area contributed by atoms with Crippen LogP contribution in [0.15, 0.2) is 71.6 Å². The number of methoxy groups -OCH3 is 2. The van der Waals surface area contributed by atoms with Crippen molar-refractivity contribution in [2.45, 2.75) is 18.7 Å². The standard InChI is InChI=1S/C26H30N2O6S/c1-19-9-12-22(13-10-19)35(30,31)28(21-11-14-24(32-3)25(17-21)33-4)18-26(29)27-15-16-34-23-8-6-5-7-20(23)2/h5-14,17H,15-16,18H2,1-4H3,(H,27,29). The number of sulfonamides is 1. The normalized spacial score (nSPS) is 11.0. The van der Waals surface area contributed by atoms with Crippen molar-refractivity contribution >= 4 is 21.6 Å². The zero-order valence-electron chi connectivity index (χ0n) is 20.3. The van der Waals surface area contributed by atoms with Crippen LogP contribution < -0.4 is 23.8 Å². The van der Waals surface area contributed by atoms with Crippen molar-refractivity contribution in [1.29, 1.82) is 0 Å². The molecule has 3 aromatic carbocycles. The Bertz CT molecular complexity index is 1260. The van der Waals surface area contributed by atoms with E-state index >= 15 is 0 Å². The number of ether oxygens (including phenoxy) is 3. The molecule has 9 heteroatoms. The zero-order valence-corrected chi connectivity index (χ0v) is 21.1. The van der Waals surface area contributed by atoms with Gasteiger partial charge in [-0.15, -0.1) is 0 Å². The number of anilines is 1. The Hall–Kier alpha value is -3.72. The van der Waals surface area contributed by atoms with E-state index < -0.39 is 22.5 Å². The highest BCUT2D eigenvalue weighted by atomic mass is 32.2. The monoisotopic (exact) mass is 498 g/mol. The van der Waals surface area contributed by atoms with Crippen LogP contribution in [0.25, 0.3) is 0 Å². The van der Waals surface area contributed by atoms with Crippen molar-refractivity contribution in [3.8, 4) is 17.2 Å². The molecular weight excluding hydrogens is 468 g/mol. The molecule has 8 nitrogen and oxygen atoms in total. The molecule has 186 valence electrons. The van der Waals surface area contributed by atoms with E-state index in [9.17, 15) is 13.2 Å². The first-order valence-corrected chi connectivity index (χ1v) is 12.5. The van der Waals surface area contributed by atoms with Crippen molar-refractivity contribution in [1.82, 2.24) is 5.32 Å². The van der Waals surface area contributed by atoms with Crippen molar-refractivity contribution < 1.29 is 27.4 Å². The van der Waals surface area contributed by atoms with Gasteiger partial charge in [0, 0.05) is 6.07 Å². The van der Waals surface area contributed by atoms with Gasteiger partial charge < -0.3 is 19.5 Å². The molecule has 0 saturated heterocycles. The van der Waals surface area contributed by atoms with Crippen LogP contribution in [0.1, 0.15) is 11.1 Å². The fourth-order valence-corrected chi connectivity index (χ4v) is 4.80. The molecular formula is C26H30N2O6S. The molecule has 0 heterocycles. The number of nitrogens with zero attached hydrogens (tertiary/aromatic N) is 1. The number of carbonyl (C=O) groups excluding carboxylic acids is 1. The second-order valence-electron chi connectivity index (χ2n) is 7.83. The van der Waals surface area contributed by atoms with Crippen molar-refractivity contribution in [3.05, 3.63) is 77.9 Å². The van der Waals surface area contributed by atoms with E-state index in [-0.39, 0.29) is 23.7 Å². The summed E-state index contributed by atoms with van der Waals surface area (Å²) in [6, 6.07) is 18.7. The maximum atomic E-state index is 13.5. The Balaban J connectivity index is 1.79. The molecule has 0 fully saturated rings. The lowest BCUT2D eigenvalue weighted by Gasteiger charge is -2.25. The fraction of sp³-hybridized carbons (Fsp3) is 0.269. The smallest absolute Gasteiger partial charge is 0.264 e. The van der Waals surface area contributed by atoms with Gasteiger partial charge in [0.25, 0.3) is 10.0 Å². The molecule has 0 aromatic heterocycles. The van der Waals surface area contributed by atoms with E-state index in [2.05, 4.69) is 5.32 Å². The third-order valence-corrected chi connectivity index (χ3v) is 7.11.